The van der Waals surface area contributed by atoms with E-state index in [0.29, 0.717) is 10.6 Å². The summed E-state index contributed by atoms with van der Waals surface area (Å²) in [5.41, 5.74) is 0.330. The fourth-order valence-corrected chi connectivity index (χ4v) is 2.93. The molecule has 0 bridgehead atoms. The van der Waals surface area contributed by atoms with Crippen molar-refractivity contribution in [1.29, 1.82) is 0 Å². The molecule has 0 aromatic heterocycles. The van der Waals surface area contributed by atoms with Crippen molar-refractivity contribution in [1.82, 2.24) is 0 Å². The van der Waals surface area contributed by atoms with Gasteiger partial charge >= 0.3 is 11.9 Å². The Morgan fingerprint density at radius 2 is 1.91 bits per heavy atom. The van der Waals surface area contributed by atoms with Gasteiger partial charge in [0, 0.05) is 9.95 Å². The topological polar surface area (TPSA) is 95.7 Å². The summed E-state index contributed by atoms with van der Waals surface area (Å²) in [6.45, 7) is -0.699. The molecular formula is C13H13BrClNO6. The molecule has 0 heterocycles. The SMILES string of the molecule is COC(=O)C(Br)(C(=O)OC)[C@H](C[N+](=O)[O-])c1cccc(Cl)c1. The van der Waals surface area contributed by atoms with Crippen molar-refractivity contribution in [2.45, 2.75) is 10.2 Å². The largest absolute Gasteiger partial charge is 0.468 e. The normalized spacial score (nSPS) is 12.4. The summed E-state index contributed by atoms with van der Waals surface area (Å²) in [6, 6.07) is 6.10. The number of hydrogen-bond acceptors (Lipinski definition) is 6. The first-order chi connectivity index (χ1) is 10.3. The molecule has 7 nitrogen and oxygen atoms in total. The molecule has 1 aromatic rings. The van der Waals surface area contributed by atoms with E-state index < -0.39 is 33.6 Å². The van der Waals surface area contributed by atoms with Gasteiger partial charge in [-0.3, -0.25) is 10.1 Å². The minimum atomic E-state index is -2.05. The molecule has 0 unspecified atom stereocenters. The molecule has 0 saturated heterocycles. The molecule has 120 valence electrons. The van der Waals surface area contributed by atoms with E-state index in [9.17, 15) is 19.7 Å². The molecule has 9 heteroatoms. The van der Waals surface area contributed by atoms with Crippen molar-refractivity contribution in [3.8, 4) is 0 Å². The Balaban J connectivity index is 3.48. The van der Waals surface area contributed by atoms with Crippen LogP contribution in [0.4, 0.5) is 0 Å². The molecule has 0 aliphatic rings. The number of methoxy groups -OCH3 is 2. The van der Waals surface area contributed by atoms with Crippen LogP contribution >= 0.6 is 27.5 Å². The average Bonchev–Trinajstić information content (AvgIpc) is 2.49. The van der Waals surface area contributed by atoms with E-state index in [1.165, 1.54) is 12.1 Å². The molecule has 0 fully saturated rings. The number of ether oxygens (including phenoxy) is 2. The summed E-state index contributed by atoms with van der Waals surface area (Å²) in [7, 11) is 2.14. The van der Waals surface area contributed by atoms with Crippen LogP contribution in [0.1, 0.15) is 11.5 Å². The second-order valence-corrected chi connectivity index (χ2v) is 6.01. The lowest BCUT2D eigenvalue weighted by Gasteiger charge is -2.28. The number of halogens is 2. The first kappa shape index (κ1) is 18.4. The van der Waals surface area contributed by atoms with Crippen molar-refractivity contribution >= 4 is 39.5 Å². The van der Waals surface area contributed by atoms with Gasteiger partial charge in [0.2, 0.25) is 10.9 Å². The third kappa shape index (κ3) is 3.75. The van der Waals surface area contributed by atoms with E-state index in [0.717, 1.165) is 14.2 Å². The van der Waals surface area contributed by atoms with E-state index in [-0.39, 0.29) is 0 Å². The second-order valence-electron chi connectivity index (χ2n) is 4.32. The summed E-state index contributed by atoms with van der Waals surface area (Å²) in [6.07, 6.45) is 0. The minimum absolute atomic E-state index is 0.315. The maximum atomic E-state index is 12.1. The van der Waals surface area contributed by atoms with Crippen LogP contribution in [0.3, 0.4) is 0 Å². The van der Waals surface area contributed by atoms with Gasteiger partial charge in [-0.2, -0.15) is 0 Å². The van der Waals surface area contributed by atoms with Crippen LogP contribution in [0.2, 0.25) is 5.02 Å². The number of rotatable bonds is 6. The van der Waals surface area contributed by atoms with E-state index >= 15 is 0 Å². The van der Waals surface area contributed by atoms with Gasteiger partial charge in [0.05, 0.1) is 20.1 Å². The van der Waals surface area contributed by atoms with Crippen molar-refractivity contribution in [3.05, 3.63) is 45.0 Å². The first-order valence-electron chi connectivity index (χ1n) is 6.00. The Morgan fingerprint density at radius 1 is 1.36 bits per heavy atom. The highest BCUT2D eigenvalue weighted by Gasteiger charge is 2.55. The highest BCUT2D eigenvalue weighted by molar-refractivity contribution is 9.10. The Labute approximate surface area is 139 Å². The molecule has 0 saturated carbocycles. The Morgan fingerprint density at radius 3 is 2.32 bits per heavy atom. The summed E-state index contributed by atoms with van der Waals surface area (Å²) >= 11 is 8.88. The number of benzene rings is 1. The molecule has 1 aromatic carbocycles. The van der Waals surface area contributed by atoms with Gasteiger partial charge < -0.3 is 9.47 Å². The number of nitrogens with zero attached hydrogens (tertiary/aromatic N) is 1. The highest BCUT2D eigenvalue weighted by Crippen LogP contribution is 2.39. The zero-order chi connectivity index (χ0) is 16.9. The average molecular weight is 395 g/mol. The predicted octanol–water partition coefficient (Wildman–Crippen LogP) is 2.18. The number of carbonyl (C=O) groups excluding carboxylic acids is 2. The van der Waals surface area contributed by atoms with Crippen molar-refractivity contribution in [2.75, 3.05) is 20.8 Å². The maximum absolute atomic E-state index is 12.1. The minimum Gasteiger partial charge on any atom is -0.468 e. The van der Waals surface area contributed by atoms with Gasteiger partial charge in [-0.25, -0.2) is 9.59 Å². The van der Waals surface area contributed by atoms with Crippen molar-refractivity contribution in [2.24, 2.45) is 0 Å². The summed E-state index contributed by atoms with van der Waals surface area (Å²) in [4.78, 5) is 34.5. The molecule has 0 N–H and O–H groups in total. The molecule has 0 spiro atoms. The Hall–Kier alpha value is -1.67. The van der Waals surface area contributed by atoms with Crippen LogP contribution in [0.25, 0.3) is 0 Å². The quantitative estimate of drug-likeness (QED) is 0.241. The van der Waals surface area contributed by atoms with Crippen LogP contribution in [0.15, 0.2) is 24.3 Å². The van der Waals surface area contributed by atoms with Crippen LogP contribution in [0.5, 0.6) is 0 Å². The number of carbonyl (C=O) groups is 2. The van der Waals surface area contributed by atoms with Gasteiger partial charge in [0.25, 0.3) is 0 Å². The van der Waals surface area contributed by atoms with Gasteiger partial charge in [-0.15, -0.1) is 0 Å². The molecular weight excluding hydrogens is 382 g/mol. The highest BCUT2D eigenvalue weighted by atomic mass is 79.9. The number of esters is 2. The van der Waals surface area contributed by atoms with Gasteiger partial charge in [-0.1, -0.05) is 39.7 Å². The number of nitro groups is 1. The zero-order valence-corrected chi connectivity index (χ0v) is 14.1. The van der Waals surface area contributed by atoms with Crippen LogP contribution < -0.4 is 0 Å². The molecule has 1 atom stereocenters. The summed E-state index contributed by atoms with van der Waals surface area (Å²) in [5, 5.41) is 11.3. The van der Waals surface area contributed by atoms with Crippen LogP contribution in [-0.4, -0.2) is 42.0 Å². The first-order valence-corrected chi connectivity index (χ1v) is 7.17. The monoisotopic (exact) mass is 393 g/mol. The summed E-state index contributed by atoms with van der Waals surface area (Å²) < 4.78 is 7.17. The van der Waals surface area contributed by atoms with E-state index in [1.807, 2.05) is 0 Å². The molecule has 22 heavy (non-hydrogen) atoms. The fourth-order valence-electron chi connectivity index (χ4n) is 2.00. The second kappa shape index (κ2) is 7.55. The van der Waals surface area contributed by atoms with Gasteiger partial charge in [0.1, 0.15) is 0 Å². The van der Waals surface area contributed by atoms with Crippen LogP contribution in [-0.2, 0) is 19.1 Å². The zero-order valence-electron chi connectivity index (χ0n) is 11.7. The van der Waals surface area contributed by atoms with Gasteiger partial charge in [-0.05, 0) is 17.7 Å². The smallest absolute Gasteiger partial charge is 0.335 e. The number of hydrogen-bond donors (Lipinski definition) is 0. The standard InChI is InChI=1S/C13H13BrClNO6/c1-21-11(17)13(14,12(18)22-2)10(7-16(19)20)8-4-3-5-9(15)6-8/h3-6,10H,7H2,1-2H3/t10-/m1/s1. The molecule has 0 aliphatic carbocycles. The Kier molecular flexibility index (Phi) is 6.31. The van der Waals surface area contributed by atoms with Crippen molar-refractivity contribution < 1.29 is 24.0 Å². The Bertz CT molecular complexity index is 578. The summed E-state index contributed by atoms with van der Waals surface area (Å²) in [5.74, 6) is -3.15. The molecule has 1 rings (SSSR count). The molecule has 0 radical (unpaired) electrons. The van der Waals surface area contributed by atoms with Gasteiger partial charge in [0.15, 0.2) is 0 Å². The van der Waals surface area contributed by atoms with E-state index in [1.54, 1.807) is 12.1 Å². The van der Waals surface area contributed by atoms with E-state index in [4.69, 9.17) is 11.6 Å². The molecule has 0 aliphatic heterocycles. The molecule has 0 amide bonds. The third-order valence-electron chi connectivity index (χ3n) is 3.03. The maximum Gasteiger partial charge on any atom is 0.335 e. The lowest BCUT2D eigenvalue weighted by Crippen LogP contribution is -2.49. The van der Waals surface area contributed by atoms with Crippen molar-refractivity contribution in [3.63, 3.8) is 0 Å². The predicted molar refractivity (Wildman–Crippen MR) is 81.7 cm³/mol. The van der Waals surface area contributed by atoms with Crippen LogP contribution in [0, 0.1) is 10.1 Å². The van der Waals surface area contributed by atoms with E-state index in [2.05, 4.69) is 25.4 Å². The number of alkyl halides is 1. The lowest BCUT2D eigenvalue weighted by atomic mass is 9.85. The third-order valence-corrected chi connectivity index (χ3v) is 4.46. The fraction of sp³-hybridized carbons (Fsp3) is 0.385. The lowest BCUT2D eigenvalue weighted by molar-refractivity contribution is -0.483.